The highest BCUT2D eigenvalue weighted by molar-refractivity contribution is 5.85. The molecule has 0 fully saturated rings. The number of aromatic nitrogens is 2. The minimum absolute atomic E-state index is 0.387. The Kier molecular flexibility index (Phi) is 2.98. The molecular weight excluding hydrogens is 238 g/mol. The van der Waals surface area contributed by atoms with Crippen LogP contribution in [0.3, 0.4) is 0 Å². The lowest BCUT2D eigenvalue weighted by molar-refractivity contribution is 0.292. The van der Waals surface area contributed by atoms with E-state index in [2.05, 4.69) is 28.4 Å². The molecule has 0 aliphatic carbocycles. The topological polar surface area (TPSA) is 61.0 Å². The molecule has 2 N–H and O–H groups in total. The van der Waals surface area contributed by atoms with Crippen LogP contribution in [0.1, 0.15) is 5.56 Å². The predicted molar refractivity (Wildman–Crippen MR) is 74.7 cm³/mol. The van der Waals surface area contributed by atoms with Crippen molar-refractivity contribution in [3.63, 3.8) is 0 Å². The second kappa shape index (κ2) is 4.94. The highest BCUT2D eigenvalue weighted by Crippen LogP contribution is 2.19. The van der Waals surface area contributed by atoms with E-state index in [1.54, 1.807) is 12.1 Å². The summed E-state index contributed by atoms with van der Waals surface area (Å²) in [5, 5.41) is 10.0. The van der Waals surface area contributed by atoms with Gasteiger partial charge in [0.1, 0.15) is 12.4 Å². The van der Waals surface area contributed by atoms with Gasteiger partial charge in [-0.05, 0) is 22.4 Å². The first-order chi connectivity index (χ1) is 9.33. The second-order valence-electron chi connectivity index (χ2n) is 4.22. The molecule has 0 radical (unpaired) electrons. The van der Waals surface area contributed by atoms with Crippen molar-refractivity contribution in [2.45, 2.75) is 6.61 Å². The van der Waals surface area contributed by atoms with Crippen LogP contribution in [0.4, 0.5) is 5.82 Å². The number of rotatable bonds is 3. The van der Waals surface area contributed by atoms with Gasteiger partial charge in [0.2, 0.25) is 5.88 Å². The molecule has 0 spiro atoms. The molecule has 3 aromatic rings. The molecule has 0 saturated carbocycles. The van der Waals surface area contributed by atoms with Gasteiger partial charge in [0.05, 0.1) is 0 Å². The smallest absolute Gasteiger partial charge is 0.233 e. The molecule has 3 rings (SSSR count). The van der Waals surface area contributed by atoms with Crippen molar-refractivity contribution in [2.24, 2.45) is 0 Å². The van der Waals surface area contributed by atoms with Crippen molar-refractivity contribution in [3.8, 4) is 5.88 Å². The van der Waals surface area contributed by atoms with Crippen molar-refractivity contribution in [3.05, 3.63) is 60.2 Å². The minimum Gasteiger partial charge on any atom is -0.472 e. The molecule has 1 aromatic heterocycles. The van der Waals surface area contributed by atoms with Crippen molar-refractivity contribution in [2.75, 3.05) is 5.73 Å². The van der Waals surface area contributed by atoms with E-state index in [0.29, 0.717) is 18.3 Å². The molecule has 0 aliphatic rings. The lowest BCUT2D eigenvalue weighted by atomic mass is 10.1. The molecule has 0 atom stereocenters. The van der Waals surface area contributed by atoms with Gasteiger partial charge < -0.3 is 10.5 Å². The summed E-state index contributed by atoms with van der Waals surface area (Å²) >= 11 is 0. The molecule has 4 nitrogen and oxygen atoms in total. The predicted octanol–water partition coefficient (Wildman–Crippen LogP) is 2.79. The zero-order valence-corrected chi connectivity index (χ0v) is 10.3. The fourth-order valence-corrected chi connectivity index (χ4v) is 1.98. The first kappa shape index (κ1) is 11.5. The number of hydrogen-bond acceptors (Lipinski definition) is 4. The standard InChI is InChI=1S/C15H13N3O/c16-14-8-9-15(18-17-14)19-10-12-6-3-5-11-4-1-2-7-13(11)12/h1-9H,10H2,(H2,16,17). The van der Waals surface area contributed by atoms with E-state index in [-0.39, 0.29) is 0 Å². The average Bonchev–Trinajstić information content (AvgIpc) is 2.47. The van der Waals surface area contributed by atoms with Crippen molar-refractivity contribution >= 4 is 16.6 Å². The largest absolute Gasteiger partial charge is 0.472 e. The zero-order chi connectivity index (χ0) is 13.1. The lowest BCUT2D eigenvalue weighted by Crippen LogP contribution is -2.00. The summed E-state index contributed by atoms with van der Waals surface area (Å²) in [7, 11) is 0. The van der Waals surface area contributed by atoms with Crippen LogP contribution in [-0.4, -0.2) is 10.2 Å². The van der Waals surface area contributed by atoms with Gasteiger partial charge in [0.25, 0.3) is 0 Å². The van der Waals surface area contributed by atoms with Gasteiger partial charge in [0, 0.05) is 6.07 Å². The number of anilines is 1. The second-order valence-corrected chi connectivity index (χ2v) is 4.22. The minimum atomic E-state index is 0.387. The van der Waals surface area contributed by atoms with Gasteiger partial charge in [-0.2, -0.15) is 0 Å². The van der Waals surface area contributed by atoms with E-state index in [9.17, 15) is 0 Å². The van der Waals surface area contributed by atoms with Crippen LogP contribution >= 0.6 is 0 Å². The first-order valence-electron chi connectivity index (χ1n) is 6.01. The maximum Gasteiger partial charge on any atom is 0.233 e. The lowest BCUT2D eigenvalue weighted by Gasteiger charge is -2.08. The molecule has 0 bridgehead atoms. The number of fused-ring (bicyclic) bond motifs is 1. The molecule has 4 heteroatoms. The Labute approximate surface area is 110 Å². The van der Waals surface area contributed by atoms with Gasteiger partial charge in [-0.3, -0.25) is 0 Å². The third kappa shape index (κ3) is 2.47. The third-order valence-corrected chi connectivity index (χ3v) is 2.92. The van der Waals surface area contributed by atoms with Gasteiger partial charge in [-0.1, -0.05) is 42.5 Å². The Morgan fingerprint density at radius 3 is 2.58 bits per heavy atom. The first-order valence-corrected chi connectivity index (χ1v) is 6.01. The van der Waals surface area contributed by atoms with Crippen molar-refractivity contribution in [1.29, 1.82) is 0 Å². The number of nitrogens with zero attached hydrogens (tertiary/aromatic N) is 2. The molecule has 94 valence electrons. The van der Waals surface area contributed by atoms with Crippen LogP contribution in [-0.2, 0) is 6.61 Å². The summed E-state index contributed by atoms with van der Waals surface area (Å²) in [4.78, 5) is 0. The third-order valence-electron chi connectivity index (χ3n) is 2.92. The van der Waals surface area contributed by atoms with Crippen LogP contribution in [0.5, 0.6) is 5.88 Å². The van der Waals surface area contributed by atoms with Gasteiger partial charge in [-0.25, -0.2) is 0 Å². The maximum atomic E-state index is 5.63. The van der Waals surface area contributed by atoms with Crippen LogP contribution in [0.25, 0.3) is 10.8 Å². The number of benzene rings is 2. The summed E-state index contributed by atoms with van der Waals surface area (Å²) in [5.41, 5.74) is 6.60. The highest BCUT2D eigenvalue weighted by atomic mass is 16.5. The number of hydrogen-bond donors (Lipinski definition) is 1. The van der Waals surface area contributed by atoms with E-state index >= 15 is 0 Å². The van der Waals surface area contributed by atoms with E-state index in [1.807, 2.05) is 24.3 Å². The van der Waals surface area contributed by atoms with E-state index in [0.717, 1.165) is 5.56 Å². The summed E-state index contributed by atoms with van der Waals surface area (Å²) in [6.45, 7) is 0.458. The Hall–Kier alpha value is -2.62. The SMILES string of the molecule is Nc1ccc(OCc2cccc3ccccc23)nn1. The summed E-state index contributed by atoms with van der Waals surface area (Å²) in [6.07, 6.45) is 0. The van der Waals surface area contributed by atoms with E-state index < -0.39 is 0 Å². The summed E-state index contributed by atoms with van der Waals surface area (Å²) in [5.74, 6) is 0.861. The van der Waals surface area contributed by atoms with Crippen LogP contribution < -0.4 is 10.5 Å². The number of nitrogens with two attached hydrogens (primary N) is 1. The molecule has 1 heterocycles. The molecule has 0 amide bonds. The van der Waals surface area contributed by atoms with E-state index in [4.69, 9.17) is 10.5 Å². The fraction of sp³-hybridized carbons (Fsp3) is 0.0667. The van der Waals surface area contributed by atoms with Crippen molar-refractivity contribution < 1.29 is 4.74 Å². The van der Waals surface area contributed by atoms with Crippen LogP contribution in [0.15, 0.2) is 54.6 Å². The molecule has 19 heavy (non-hydrogen) atoms. The van der Waals surface area contributed by atoms with Crippen LogP contribution in [0, 0.1) is 0 Å². The number of ether oxygens (including phenoxy) is 1. The molecule has 0 aliphatic heterocycles. The average molecular weight is 251 g/mol. The monoisotopic (exact) mass is 251 g/mol. The quantitative estimate of drug-likeness (QED) is 0.777. The summed E-state index contributed by atoms with van der Waals surface area (Å²) in [6, 6.07) is 17.8. The molecule has 0 saturated heterocycles. The normalized spacial score (nSPS) is 10.5. The Morgan fingerprint density at radius 1 is 0.895 bits per heavy atom. The van der Waals surface area contributed by atoms with E-state index in [1.165, 1.54) is 10.8 Å². The van der Waals surface area contributed by atoms with Gasteiger partial charge >= 0.3 is 0 Å². The Morgan fingerprint density at radius 2 is 1.74 bits per heavy atom. The van der Waals surface area contributed by atoms with Gasteiger partial charge in [0.15, 0.2) is 0 Å². The van der Waals surface area contributed by atoms with Crippen LogP contribution in [0.2, 0.25) is 0 Å². The Balaban J connectivity index is 1.84. The summed E-state index contributed by atoms with van der Waals surface area (Å²) < 4.78 is 5.63. The van der Waals surface area contributed by atoms with Gasteiger partial charge in [-0.15, -0.1) is 10.2 Å². The van der Waals surface area contributed by atoms with Crippen molar-refractivity contribution in [1.82, 2.24) is 10.2 Å². The molecular formula is C15H13N3O. The molecule has 0 unspecified atom stereocenters. The fourth-order valence-electron chi connectivity index (χ4n) is 1.98. The number of nitrogen functional groups attached to an aromatic ring is 1. The Bertz CT molecular complexity index is 690. The maximum absolute atomic E-state index is 5.63. The zero-order valence-electron chi connectivity index (χ0n) is 10.3. The highest BCUT2D eigenvalue weighted by Gasteiger charge is 2.02. The molecule has 2 aromatic carbocycles.